The topological polar surface area (TPSA) is 38.0 Å². The van der Waals surface area contributed by atoms with Crippen LogP contribution in [0, 0.1) is 24.5 Å². The van der Waals surface area contributed by atoms with Gasteiger partial charge in [0.25, 0.3) is 0 Å². The van der Waals surface area contributed by atoms with Gasteiger partial charge in [-0.1, -0.05) is 19.9 Å². The van der Waals surface area contributed by atoms with Gasteiger partial charge in [-0.3, -0.25) is 0 Å². The molecular weight excluding hydrogens is 222 g/mol. The van der Waals surface area contributed by atoms with Crippen LogP contribution in [0.25, 0.3) is 0 Å². The van der Waals surface area contributed by atoms with Crippen molar-refractivity contribution < 1.29 is 8.78 Å². The molecule has 0 amide bonds. The van der Waals surface area contributed by atoms with E-state index < -0.39 is 11.6 Å². The molecular formula is C13H20F2N2. The van der Waals surface area contributed by atoms with E-state index in [0.29, 0.717) is 18.0 Å². The maximum absolute atomic E-state index is 13.7. The van der Waals surface area contributed by atoms with Crippen molar-refractivity contribution in [1.82, 2.24) is 5.32 Å². The van der Waals surface area contributed by atoms with Gasteiger partial charge in [0, 0.05) is 24.7 Å². The Morgan fingerprint density at radius 1 is 1.29 bits per heavy atom. The molecule has 2 nitrogen and oxygen atoms in total. The normalized spacial score (nSPS) is 13.1. The van der Waals surface area contributed by atoms with Crippen LogP contribution in [0.1, 0.15) is 25.0 Å². The van der Waals surface area contributed by atoms with Crippen LogP contribution in [0.5, 0.6) is 0 Å². The SMILES string of the molecule is Cc1ccc(F)c(CNC(CN)C(C)C)c1F. The van der Waals surface area contributed by atoms with Gasteiger partial charge in [-0.2, -0.15) is 0 Å². The maximum atomic E-state index is 13.7. The highest BCUT2D eigenvalue weighted by Crippen LogP contribution is 2.16. The van der Waals surface area contributed by atoms with Gasteiger partial charge in [0.05, 0.1) is 0 Å². The number of halogens is 2. The summed E-state index contributed by atoms with van der Waals surface area (Å²) >= 11 is 0. The molecule has 0 aliphatic carbocycles. The van der Waals surface area contributed by atoms with Crippen LogP contribution in [-0.4, -0.2) is 12.6 Å². The average molecular weight is 242 g/mol. The van der Waals surface area contributed by atoms with Crippen molar-refractivity contribution in [3.63, 3.8) is 0 Å². The van der Waals surface area contributed by atoms with E-state index in [-0.39, 0.29) is 18.2 Å². The van der Waals surface area contributed by atoms with E-state index >= 15 is 0 Å². The Kier molecular flexibility index (Phi) is 5.02. The zero-order valence-corrected chi connectivity index (χ0v) is 10.6. The average Bonchev–Trinajstić information content (AvgIpc) is 2.28. The molecule has 1 aromatic carbocycles. The summed E-state index contributed by atoms with van der Waals surface area (Å²) in [5.74, 6) is -0.659. The van der Waals surface area contributed by atoms with E-state index in [4.69, 9.17) is 5.73 Å². The predicted octanol–water partition coefficient (Wildman–Crippen LogP) is 2.35. The fourth-order valence-corrected chi connectivity index (χ4v) is 1.70. The second-order valence-electron chi connectivity index (χ2n) is 4.62. The fourth-order valence-electron chi connectivity index (χ4n) is 1.70. The Hall–Kier alpha value is -1.00. The summed E-state index contributed by atoms with van der Waals surface area (Å²) in [7, 11) is 0. The van der Waals surface area contributed by atoms with Gasteiger partial charge in [-0.25, -0.2) is 8.78 Å². The minimum Gasteiger partial charge on any atom is -0.329 e. The first kappa shape index (κ1) is 14.1. The van der Waals surface area contributed by atoms with Crippen molar-refractivity contribution in [3.05, 3.63) is 34.9 Å². The molecule has 17 heavy (non-hydrogen) atoms. The summed E-state index contributed by atoms with van der Waals surface area (Å²) in [6, 6.07) is 2.80. The van der Waals surface area contributed by atoms with Crippen molar-refractivity contribution in [2.24, 2.45) is 11.7 Å². The minimum absolute atomic E-state index is 0.0642. The highest BCUT2D eigenvalue weighted by Gasteiger charge is 2.15. The van der Waals surface area contributed by atoms with Crippen LogP contribution in [-0.2, 0) is 6.54 Å². The number of aryl methyl sites for hydroxylation is 1. The third-order valence-electron chi connectivity index (χ3n) is 2.98. The summed E-state index contributed by atoms with van der Waals surface area (Å²) in [4.78, 5) is 0. The van der Waals surface area contributed by atoms with Crippen molar-refractivity contribution in [2.75, 3.05) is 6.54 Å². The molecule has 0 spiro atoms. The van der Waals surface area contributed by atoms with Gasteiger partial charge in [-0.05, 0) is 24.5 Å². The first-order valence-electron chi connectivity index (χ1n) is 5.84. The Balaban J connectivity index is 2.78. The van der Waals surface area contributed by atoms with Crippen LogP contribution in [0.2, 0.25) is 0 Å². The smallest absolute Gasteiger partial charge is 0.133 e. The quantitative estimate of drug-likeness (QED) is 0.831. The minimum atomic E-state index is -0.514. The zero-order valence-electron chi connectivity index (χ0n) is 10.6. The highest BCUT2D eigenvalue weighted by molar-refractivity contribution is 5.26. The van der Waals surface area contributed by atoms with Crippen LogP contribution < -0.4 is 11.1 Å². The van der Waals surface area contributed by atoms with E-state index in [9.17, 15) is 8.78 Å². The monoisotopic (exact) mass is 242 g/mol. The Morgan fingerprint density at radius 3 is 2.47 bits per heavy atom. The van der Waals surface area contributed by atoms with Crippen LogP contribution in [0.4, 0.5) is 8.78 Å². The number of hydrogen-bond acceptors (Lipinski definition) is 2. The Labute approximate surface area is 101 Å². The summed E-state index contributed by atoms with van der Waals surface area (Å²) < 4.78 is 27.2. The van der Waals surface area contributed by atoms with E-state index in [0.717, 1.165) is 0 Å². The van der Waals surface area contributed by atoms with Crippen molar-refractivity contribution in [1.29, 1.82) is 0 Å². The summed E-state index contributed by atoms with van der Waals surface area (Å²) in [6.07, 6.45) is 0. The van der Waals surface area contributed by atoms with E-state index in [2.05, 4.69) is 5.32 Å². The van der Waals surface area contributed by atoms with Gasteiger partial charge < -0.3 is 11.1 Å². The molecule has 0 saturated carbocycles. The van der Waals surface area contributed by atoms with Crippen molar-refractivity contribution >= 4 is 0 Å². The van der Waals surface area contributed by atoms with Gasteiger partial charge in [-0.15, -0.1) is 0 Å². The molecule has 1 rings (SSSR count). The van der Waals surface area contributed by atoms with Gasteiger partial charge in [0.1, 0.15) is 11.6 Å². The summed E-state index contributed by atoms with van der Waals surface area (Å²) in [6.45, 7) is 6.29. The molecule has 96 valence electrons. The molecule has 0 saturated heterocycles. The lowest BCUT2D eigenvalue weighted by atomic mass is 10.0. The van der Waals surface area contributed by atoms with E-state index in [1.54, 1.807) is 6.92 Å². The molecule has 0 aromatic heterocycles. The van der Waals surface area contributed by atoms with E-state index in [1.807, 2.05) is 13.8 Å². The molecule has 3 N–H and O–H groups in total. The third kappa shape index (κ3) is 3.48. The van der Waals surface area contributed by atoms with Crippen LogP contribution in [0.3, 0.4) is 0 Å². The van der Waals surface area contributed by atoms with Crippen molar-refractivity contribution in [2.45, 2.75) is 33.4 Å². The third-order valence-corrected chi connectivity index (χ3v) is 2.98. The molecule has 4 heteroatoms. The molecule has 1 atom stereocenters. The summed E-state index contributed by atoms with van der Waals surface area (Å²) in [5.41, 5.74) is 6.14. The Bertz CT molecular complexity index is 378. The molecule has 1 aromatic rings. The van der Waals surface area contributed by atoms with E-state index in [1.165, 1.54) is 12.1 Å². The number of rotatable bonds is 5. The lowest BCUT2D eigenvalue weighted by molar-refractivity contribution is 0.396. The van der Waals surface area contributed by atoms with Gasteiger partial charge in [0.2, 0.25) is 0 Å². The summed E-state index contributed by atoms with van der Waals surface area (Å²) in [5, 5.41) is 3.09. The lowest BCUT2D eigenvalue weighted by Crippen LogP contribution is -2.40. The van der Waals surface area contributed by atoms with Crippen LogP contribution in [0.15, 0.2) is 12.1 Å². The largest absolute Gasteiger partial charge is 0.329 e. The molecule has 0 aliphatic heterocycles. The van der Waals surface area contributed by atoms with Crippen LogP contribution >= 0.6 is 0 Å². The molecule has 1 unspecified atom stereocenters. The molecule has 0 radical (unpaired) electrons. The van der Waals surface area contributed by atoms with Gasteiger partial charge in [0.15, 0.2) is 0 Å². The first-order chi connectivity index (χ1) is 7.97. The molecule has 0 bridgehead atoms. The Morgan fingerprint density at radius 2 is 1.94 bits per heavy atom. The fraction of sp³-hybridized carbons (Fsp3) is 0.538. The number of nitrogens with one attached hydrogen (secondary N) is 1. The molecule has 0 aliphatic rings. The predicted molar refractivity (Wildman–Crippen MR) is 65.6 cm³/mol. The lowest BCUT2D eigenvalue weighted by Gasteiger charge is -2.21. The molecule has 0 heterocycles. The first-order valence-corrected chi connectivity index (χ1v) is 5.84. The second-order valence-corrected chi connectivity index (χ2v) is 4.62. The standard InChI is InChI=1S/C13H20F2N2/c1-8(2)12(6-16)17-7-10-11(14)5-4-9(3)13(10)15/h4-5,8,12,17H,6-7,16H2,1-3H3. The number of benzene rings is 1. The number of hydrogen-bond donors (Lipinski definition) is 2. The molecule has 0 fully saturated rings. The second kappa shape index (κ2) is 6.07. The van der Waals surface area contributed by atoms with Gasteiger partial charge >= 0.3 is 0 Å². The maximum Gasteiger partial charge on any atom is 0.133 e. The number of nitrogens with two attached hydrogens (primary N) is 1. The highest BCUT2D eigenvalue weighted by atomic mass is 19.1. The van der Waals surface area contributed by atoms with Crippen molar-refractivity contribution in [3.8, 4) is 0 Å². The zero-order chi connectivity index (χ0) is 13.0.